The van der Waals surface area contributed by atoms with Gasteiger partial charge in [-0.1, -0.05) is 6.92 Å². The summed E-state index contributed by atoms with van der Waals surface area (Å²) in [5, 5.41) is 2.79. The molecule has 1 aromatic rings. The molecule has 5 nitrogen and oxygen atoms in total. The van der Waals surface area contributed by atoms with E-state index < -0.39 is 11.4 Å². The number of aromatic nitrogens is 1. The SMILES string of the molecule is CCC1(C)NC(=O)CC(C)N(Cc2cncc(F)c2)C1=O. The average molecular weight is 293 g/mol. The Morgan fingerprint density at radius 2 is 2.19 bits per heavy atom. The monoisotopic (exact) mass is 293 g/mol. The second kappa shape index (κ2) is 5.79. The highest BCUT2D eigenvalue weighted by Gasteiger charge is 2.41. The fourth-order valence-corrected chi connectivity index (χ4v) is 2.51. The van der Waals surface area contributed by atoms with Crippen LogP contribution in [-0.2, 0) is 16.1 Å². The summed E-state index contributed by atoms with van der Waals surface area (Å²) in [5.41, 5.74) is -0.300. The third kappa shape index (κ3) is 3.20. The van der Waals surface area contributed by atoms with Gasteiger partial charge in [0.1, 0.15) is 11.4 Å². The summed E-state index contributed by atoms with van der Waals surface area (Å²) in [6.45, 7) is 5.65. The Morgan fingerprint density at radius 3 is 2.81 bits per heavy atom. The number of amides is 2. The van der Waals surface area contributed by atoms with Gasteiger partial charge >= 0.3 is 0 Å². The number of halogens is 1. The molecule has 6 heteroatoms. The van der Waals surface area contributed by atoms with Gasteiger partial charge in [0, 0.05) is 25.2 Å². The molecular formula is C15H20FN3O2. The molecule has 1 fully saturated rings. The highest BCUT2D eigenvalue weighted by molar-refractivity contribution is 5.93. The van der Waals surface area contributed by atoms with Crippen molar-refractivity contribution < 1.29 is 14.0 Å². The standard InChI is InChI=1S/C15H20FN3O2/c1-4-15(3)14(21)19(10(2)5-13(20)18-15)9-11-6-12(16)8-17-7-11/h6-8,10H,4-5,9H2,1-3H3,(H,18,20). The van der Waals surface area contributed by atoms with Crippen LogP contribution in [0.15, 0.2) is 18.5 Å². The first-order chi connectivity index (χ1) is 9.85. The van der Waals surface area contributed by atoms with Gasteiger partial charge in [0.15, 0.2) is 0 Å². The number of rotatable bonds is 3. The highest BCUT2D eigenvalue weighted by atomic mass is 19.1. The van der Waals surface area contributed by atoms with E-state index in [-0.39, 0.29) is 30.8 Å². The molecule has 1 aliphatic rings. The van der Waals surface area contributed by atoms with E-state index in [4.69, 9.17) is 0 Å². The number of carbonyl (C=O) groups is 2. The van der Waals surface area contributed by atoms with Crippen molar-refractivity contribution in [2.45, 2.75) is 51.7 Å². The van der Waals surface area contributed by atoms with Crippen molar-refractivity contribution >= 4 is 11.8 Å². The summed E-state index contributed by atoms with van der Waals surface area (Å²) in [4.78, 5) is 30.1. The minimum atomic E-state index is -0.914. The van der Waals surface area contributed by atoms with Gasteiger partial charge in [-0.15, -0.1) is 0 Å². The van der Waals surface area contributed by atoms with E-state index in [2.05, 4.69) is 10.3 Å². The van der Waals surface area contributed by atoms with E-state index in [0.717, 1.165) is 6.20 Å². The normalized spacial score (nSPS) is 26.5. The topological polar surface area (TPSA) is 62.3 Å². The number of nitrogens with zero attached hydrogens (tertiary/aromatic N) is 2. The first-order valence-corrected chi connectivity index (χ1v) is 7.07. The smallest absolute Gasteiger partial charge is 0.248 e. The number of pyridine rings is 1. The first kappa shape index (κ1) is 15.4. The third-order valence-electron chi connectivity index (χ3n) is 3.98. The van der Waals surface area contributed by atoms with Crippen LogP contribution in [0.3, 0.4) is 0 Å². The van der Waals surface area contributed by atoms with Gasteiger partial charge in [-0.3, -0.25) is 14.6 Å². The molecule has 1 aromatic heterocycles. The van der Waals surface area contributed by atoms with Crippen LogP contribution < -0.4 is 5.32 Å². The molecule has 0 bridgehead atoms. The van der Waals surface area contributed by atoms with Crippen LogP contribution in [0.1, 0.15) is 39.2 Å². The van der Waals surface area contributed by atoms with Crippen molar-refractivity contribution in [1.29, 1.82) is 0 Å². The van der Waals surface area contributed by atoms with Crippen LogP contribution in [0.4, 0.5) is 4.39 Å². The predicted molar refractivity (Wildman–Crippen MR) is 75.7 cm³/mol. The van der Waals surface area contributed by atoms with E-state index in [1.54, 1.807) is 11.8 Å². The van der Waals surface area contributed by atoms with Crippen molar-refractivity contribution in [3.05, 3.63) is 29.8 Å². The zero-order valence-corrected chi connectivity index (χ0v) is 12.5. The fourth-order valence-electron chi connectivity index (χ4n) is 2.51. The van der Waals surface area contributed by atoms with E-state index in [9.17, 15) is 14.0 Å². The van der Waals surface area contributed by atoms with Crippen LogP contribution in [0.25, 0.3) is 0 Å². The van der Waals surface area contributed by atoms with Gasteiger partial charge in [-0.2, -0.15) is 0 Å². The molecule has 21 heavy (non-hydrogen) atoms. The second-order valence-electron chi connectivity index (χ2n) is 5.73. The van der Waals surface area contributed by atoms with Crippen LogP contribution in [0.2, 0.25) is 0 Å². The van der Waals surface area contributed by atoms with Crippen LogP contribution in [0.5, 0.6) is 0 Å². The molecule has 2 amide bonds. The molecule has 0 aromatic carbocycles. The van der Waals surface area contributed by atoms with Crippen molar-refractivity contribution in [3.8, 4) is 0 Å². The number of nitrogens with one attached hydrogen (secondary N) is 1. The maximum Gasteiger partial charge on any atom is 0.248 e. The summed E-state index contributed by atoms with van der Waals surface area (Å²) >= 11 is 0. The summed E-state index contributed by atoms with van der Waals surface area (Å²) in [6, 6.07) is 1.12. The Morgan fingerprint density at radius 1 is 1.48 bits per heavy atom. The lowest BCUT2D eigenvalue weighted by Crippen LogP contribution is -2.55. The summed E-state index contributed by atoms with van der Waals surface area (Å²) in [6.07, 6.45) is 3.40. The Bertz CT molecular complexity index is 564. The molecular weight excluding hydrogens is 273 g/mol. The predicted octanol–water partition coefficient (Wildman–Crippen LogP) is 1.63. The van der Waals surface area contributed by atoms with Crippen molar-refractivity contribution in [2.75, 3.05) is 0 Å². The average Bonchev–Trinajstić information content (AvgIpc) is 2.50. The Labute approximate surface area is 123 Å². The van der Waals surface area contributed by atoms with Gasteiger partial charge < -0.3 is 10.2 Å². The van der Waals surface area contributed by atoms with Crippen molar-refractivity contribution in [3.63, 3.8) is 0 Å². The van der Waals surface area contributed by atoms with Crippen LogP contribution in [0, 0.1) is 5.82 Å². The Balaban J connectivity index is 2.30. The lowest BCUT2D eigenvalue weighted by Gasteiger charge is -2.33. The van der Waals surface area contributed by atoms with Crippen LogP contribution in [-0.4, -0.2) is 33.3 Å². The number of carbonyl (C=O) groups excluding carboxylic acids is 2. The van der Waals surface area contributed by atoms with E-state index in [0.29, 0.717) is 12.0 Å². The zero-order chi connectivity index (χ0) is 15.6. The van der Waals surface area contributed by atoms with E-state index in [1.165, 1.54) is 12.3 Å². The highest BCUT2D eigenvalue weighted by Crippen LogP contribution is 2.23. The molecule has 0 aliphatic carbocycles. The largest absolute Gasteiger partial charge is 0.342 e. The third-order valence-corrected chi connectivity index (χ3v) is 3.98. The summed E-state index contributed by atoms with van der Waals surface area (Å²) in [5.74, 6) is -0.720. The quantitative estimate of drug-likeness (QED) is 0.921. The molecule has 114 valence electrons. The molecule has 2 heterocycles. The molecule has 2 unspecified atom stereocenters. The van der Waals surface area contributed by atoms with Gasteiger partial charge in [0.25, 0.3) is 0 Å². The first-order valence-electron chi connectivity index (χ1n) is 7.07. The maximum absolute atomic E-state index is 13.2. The zero-order valence-electron chi connectivity index (χ0n) is 12.5. The minimum Gasteiger partial charge on any atom is -0.342 e. The van der Waals surface area contributed by atoms with Crippen molar-refractivity contribution in [1.82, 2.24) is 15.2 Å². The Hall–Kier alpha value is -1.98. The summed E-state index contributed by atoms with van der Waals surface area (Å²) in [7, 11) is 0. The molecule has 1 N–H and O–H groups in total. The summed E-state index contributed by atoms with van der Waals surface area (Å²) < 4.78 is 13.2. The van der Waals surface area contributed by atoms with E-state index >= 15 is 0 Å². The van der Waals surface area contributed by atoms with Gasteiger partial charge in [0.05, 0.1) is 6.20 Å². The van der Waals surface area contributed by atoms with E-state index in [1.807, 2.05) is 13.8 Å². The fraction of sp³-hybridized carbons (Fsp3) is 0.533. The molecule has 2 atom stereocenters. The molecule has 2 rings (SSSR count). The van der Waals surface area contributed by atoms with Gasteiger partial charge in [0.2, 0.25) is 11.8 Å². The van der Waals surface area contributed by atoms with Gasteiger partial charge in [-0.25, -0.2) is 4.39 Å². The molecule has 1 aliphatic heterocycles. The van der Waals surface area contributed by atoms with Crippen molar-refractivity contribution in [2.24, 2.45) is 0 Å². The second-order valence-corrected chi connectivity index (χ2v) is 5.73. The lowest BCUT2D eigenvalue weighted by molar-refractivity contribution is -0.140. The molecule has 0 saturated carbocycles. The number of hydrogen-bond donors (Lipinski definition) is 1. The maximum atomic E-state index is 13.2. The molecule has 0 radical (unpaired) electrons. The van der Waals surface area contributed by atoms with Gasteiger partial charge in [-0.05, 0) is 31.9 Å². The minimum absolute atomic E-state index is 0.139. The molecule has 1 saturated heterocycles. The van der Waals surface area contributed by atoms with Crippen LogP contribution >= 0.6 is 0 Å². The lowest BCUT2D eigenvalue weighted by atomic mass is 9.97. The number of hydrogen-bond acceptors (Lipinski definition) is 3. The Kier molecular flexibility index (Phi) is 4.25. The molecule has 0 spiro atoms.